The number of aliphatic carboxylic acids is 1. The van der Waals surface area contributed by atoms with Crippen LogP contribution in [0.5, 0.6) is 0 Å². The molecule has 0 aromatic carbocycles. The first-order chi connectivity index (χ1) is 3.77. The smallest absolute Gasteiger partial charge is 0.382 e. The minimum absolute atomic E-state index is 1.26. The van der Waals surface area contributed by atoms with E-state index in [4.69, 9.17) is 10.2 Å². The van der Waals surface area contributed by atoms with Crippen molar-refractivity contribution < 1.29 is 15.0 Å². The largest absolute Gasteiger partial charge is 0.472 e. The lowest BCUT2D eigenvalue weighted by Gasteiger charge is -1.63. The number of carboxylic acid groups (broad SMARTS) is 1. The molecular formula is C5H2O3. The van der Waals surface area contributed by atoms with Crippen LogP contribution in [-0.2, 0) is 4.79 Å². The number of rotatable bonds is 0. The molecule has 0 saturated carbocycles. The summed E-state index contributed by atoms with van der Waals surface area (Å²) in [4.78, 5) is 9.55. The van der Waals surface area contributed by atoms with Crippen LogP contribution in [0, 0.1) is 23.9 Å². The van der Waals surface area contributed by atoms with Crippen LogP contribution >= 0.6 is 0 Å². The average Bonchev–Trinajstić information content (AvgIpc) is 1.66. The van der Waals surface area contributed by atoms with Crippen LogP contribution in [-0.4, -0.2) is 16.2 Å². The predicted octanol–water partition coefficient (Wildman–Crippen LogP) is -0.592. The minimum atomic E-state index is -1.26. The van der Waals surface area contributed by atoms with E-state index in [1.165, 1.54) is 6.11 Å². The van der Waals surface area contributed by atoms with E-state index in [-0.39, 0.29) is 0 Å². The Bertz CT molecular complexity index is 195. The molecule has 0 aromatic heterocycles. The zero-order chi connectivity index (χ0) is 6.41. The molecule has 0 aliphatic carbocycles. The maximum absolute atomic E-state index is 9.55. The van der Waals surface area contributed by atoms with E-state index in [0.29, 0.717) is 0 Å². The van der Waals surface area contributed by atoms with Crippen LogP contribution in [0.4, 0.5) is 0 Å². The van der Waals surface area contributed by atoms with Gasteiger partial charge in [0.1, 0.15) is 6.11 Å². The molecule has 0 aromatic rings. The molecule has 3 nitrogen and oxygen atoms in total. The highest BCUT2D eigenvalue weighted by Crippen LogP contribution is 1.53. The van der Waals surface area contributed by atoms with Crippen LogP contribution in [0.2, 0.25) is 0 Å². The van der Waals surface area contributed by atoms with Gasteiger partial charge in [-0.2, -0.15) is 0 Å². The predicted molar refractivity (Wildman–Crippen MR) is 25.1 cm³/mol. The normalized spacial score (nSPS) is 5.00. The third-order valence-corrected chi connectivity index (χ3v) is 0.288. The maximum Gasteiger partial charge on any atom is 0.382 e. The molecule has 0 spiro atoms. The van der Waals surface area contributed by atoms with E-state index in [2.05, 4.69) is 0 Å². The third kappa shape index (κ3) is 4.39. The highest BCUT2D eigenvalue weighted by molar-refractivity contribution is 5.87. The van der Waals surface area contributed by atoms with Crippen molar-refractivity contribution in [3.05, 3.63) is 0 Å². The molecular weight excluding hydrogens is 108 g/mol. The second-order valence-electron chi connectivity index (χ2n) is 0.792. The van der Waals surface area contributed by atoms with Gasteiger partial charge in [-0.15, -0.1) is 0 Å². The van der Waals surface area contributed by atoms with Crippen molar-refractivity contribution in [3.8, 4) is 23.9 Å². The first-order valence-electron chi connectivity index (χ1n) is 1.65. The Morgan fingerprint density at radius 1 is 1.38 bits per heavy atom. The van der Waals surface area contributed by atoms with Crippen LogP contribution in [0.25, 0.3) is 0 Å². The Morgan fingerprint density at radius 2 is 2.00 bits per heavy atom. The molecule has 0 unspecified atom stereocenters. The quantitative estimate of drug-likeness (QED) is 0.410. The summed E-state index contributed by atoms with van der Waals surface area (Å²) in [5.41, 5.74) is 0. The number of carboxylic acids is 1. The second-order valence-corrected chi connectivity index (χ2v) is 0.792. The molecule has 0 radical (unpaired) electrons. The summed E-state index contributed by atoms with van der Waals surface area (Å²) in [5, 5.41) is 15.5. The van der Waals surface area contributed by atoms with Crippen LogP contribution < -0.4 is 0 Å². The molecule has 40 valence electrons. The lowest BCUT2D eigenvalue weighted by molar-refractivity contribution is -0.130. The highest BCUT2D eigenvalue weighted by atomic mass is 16.4. The van der Waals surface area contributed by atoms with Crippen molar-refractivity contribution in [1.29, 1.82) is 0 Å². The summed E-state index contributed by atoms with van der Waals surface area (Å²) in [5.74, 6) is 4.14. The van der Waals surface area contributed by atoms with Gasteiger partial charge >= 0.3 is 5.97 Å². The number of aliphatic hydroxyl groups is 1. The summed E-state index contributed by atoms with van der Waals surface area (Å²) in [7, 11) is 0. The lowest BCUT2D eigenvalue weighted by atomic mass is 10.6. The van der Waals surface area contributed by atoms with E-state index in [9.17, 15) is 4.79 Å². The van der Waals surface area contributed by atoms with Crippen molar-refractivity contribution in [2.24, 2.45) is 0 Å². The van der Waals surface area contributed by atoms with Crippen LogP contribution in [0.1, 0.15) is 0 Å². The van der Waals surface area contributed by atoms with Gasteiger partial charge in [-0.25, -0.2) is 4.79 Å². The van der Waals surface area contributed by atoms with Gasteiger partial charge in [-0.1, -0.05) is 0 Å². The lowest BCUT2D eigenvalue weighted by Crippen LogP contribution is -1.85. The molecule has 0 bridgehead atoms. The van der Waals surface area contributed by atoms with E-state index in [1.54, 1.807) is 5.92 Å². The van der Waals surface area contributed by atoms with Crippen LogP contribution in [0.3, 0.4) is 0 Å². The van der Waals surface area contributed by atoms with Gasteiger partial charge in [0.15, 0.2) is 0 Å². The number of carbonyl (C=O) groups is 1. The number of aliphatic hydroxyl groups excluding tert-OH is 1. The molecule has 0 rings (SSSR count). The average molecular weight is 110 g/mol. The van der Waals surface area contributed by atoms with Gasteiger partial charge in [-0.05, 0) is 0 Å². The van der Waals surface area contributed by atoms with Gasteiger partial charge in [0.2, 0.25) is 0 Å². The summed E-state index contributed by atoms with van der Waals surface area (Å²) in [6.07, 6.45) is 1.44. The zero-order valence-electron chi connectivity index (χ0n) is 3.80. The first-order valence-corrected chi connectivity index (χ1v) is 1.65. The van der Waals surface area contributed by atoms with Crippen molar-refractivity contribution in [2.75, 3.05) is 0 Å². The van der Waals surface area contributed by atoms with E-state index >= 15 is 0 Å². The maximum atomic E-state index is 9.55. The molecule has 0 aliphatic rings. The monoisotopic (exact) mass is 110 g/mol. The third-order valence-electron chi connectivity index (χ3n) is 0.288. The standard InChI is InChI=1S/C5H2O3/c6-4-2-1-3-5(7)8/h6H,(H,7,8). The van der Waals surface area contributed by atoms with Crippen LogP contribution in [0.15, 0.2) is 0 Å². The molecule has 0 fully saturated rings. The summed E-state index contributed by atoms with van der Waals surface area (Å²) in [6.45, 7) is 0. The fourth-order valence-corrected chi connectivity index (χ4v) is 0.113. The van der Waals surface area contributed by atoms with Gasteiger partial charge in [0, 0.05) is 17.8 Å². The van der Waals surface area contributed by atoms with E-state index in [1.807, 2.05) is 11.8 Å². The summed E-state index contributed by atoms with van der Waals surface area (Å²) < 4.78 is 0. The topological polar surface area (TPSA) is 57.5 Å². The Kier molecular flexibility index (Phi) is 2.86. The van der Waals surface area contributed by atoms with Gasteiger partial charge < -0.3 is 10.2 Å². The molecule has 0 aliphatic heterocycles. The Balaban J connectivity index is 3.81. The molecule has 0 saturated heterocycles. The minimum Gasteiger partial charge on any atom is -0.472 e. The Labute approximate surface area is 45.9 Å². The summed E-state index contributed by atoms with van der Waals surface area (Å²) in [6, 6.07) is 0. The zero-order valence-corrected chi connectivity index (χ0v) is 3.80. The van der Waals surface area contributed by atoms with Crippen molar-refractivity contribution in [3.63, 3.8) is 0 Å². The molecule has 0 atom stereocenters. The fraction of sp³-hybridized carbons (Fsp3) is 0. The molecule has 0 amide bonds. The Morgan fingerprint density at radius 3 is 2.38 bits per heavy atom. The Hall–Kier alpha value is -1.61. The van der Waals surface area contributed by atoms with Gasteiger partial charge in [-0.3, -0.25) is 0 Å². The van der Waals surface area contributed by atoms with Crippen molar-refractivity contribution in [1.82, 2.24) is 0 Å². The van der Waals surface area contributed by atoms with Gasteiger partial charge in [0.05, 0.1) is 0 Å². The summed E-state index contributed by atoms with van der Waals surface area (Å²) >= 11 is 0. The second kappa shape index (κ2) is 3.58. The van der Waals surface area contributed by atoms with Gasteiger partial charge in [0.25, 0.3) is 0 Å². The molecule has 2 N–H and O–H groups in total. The highest BCUT2D eigenvalue weighted by Gasteiger charge is 1.78. The van der Waals surface area contributed by atoms with Crippen molar-refractivity contribution >= 4 is 5.97 Å². The van der Waals surface area contributed by atoms with E-state index in [0.717, 1.165) is 0 Å². The number of hydrogen-bond donors (Lipinski definition) is 2. The fourth-order valence-electron chi connectivity index (χ4n) is 0.113. The molecule has 3 heteroatoms. The molecule has 0 heterocycles. The van der Waals surface area contributed by atoms with E-state index < -0.39 is 5.97 Å². The SMILES string of the molecule is O=C(O)C#CC#CO. The molecule has 8 heavy (non-hydrogen) atoms. The first kappa shape index (κ1) is 6.39. The number of hydrogen-bond acceptors (Lipinski definition) is 2. The van der Waals surface area contributed by atoms with Crippen molar-refractivity contribution in [2.45, 2.75) is 0 Å².